The van der Waals surface area contributed by atoms with Crippen LogP contribution in [0.1, 0.15) is 12.0 Å². The summed E-state index contributed by atoms with van der Waals surface area (Å²) in [5.41, 5.74) is 0.928. The Hall–Kier alpha value is -1.62. The maximum atomic E-state index is 13.7. The van der Waals surface area contributed by atoms with Gasteiger partial charge in [0.15, 0.2) is 0 Å². The predicted molar refractivity (Wildman–Crippen MR) is 70.6 cm³/mol. The number of amides is 1. The molecule has 1 saturated heterocycles. The van der Waals surface area contributed by atoms with Crippen LogP contribution in [-0.4, -0.2) is 43.3 Å². The largest absolute Gasteiger partial charge is 0.445 e. The Morgan fingerprint density at radius 3 is 2.84 bits per heavy atom. The third kappa shape index (κ3) is 3.67. The molecular formula is C14H19FN2O2. The van der Waals surface area contributed by atoms with Gasteiger partial charge < -0.3 is 15.0 Å². The summed E-state index contributed by atoms with van der Waals surface area (Å²) in [6, 6.07) is 9.29. The number of halogens is 1. The van der Waals surface area contributed by atoms with Gasteiger partial charge in [-0.05, 0) is 19.0 Å². The highest BCUT2D eigenvalue weighted by Gasteiger charge is 2.31. The monoisotopic (exact) mass is 266 g/mol. The van der Waals surface area contributed by atoms with Crippen molar-refractivity contribution >= 4 is 6.09 Å². The lowest BCUT2D eigenvalue weighted by Crippen LogP contribution is -2.51. The number of carbonyl (C=O) groups excluding carboxylic acids is 1. The first kappa shape index (κ1) is 13.8. The summed E-state index contributed by atoms with van der Waals surface area (Å²) in [6.45, 7) is 0.848. The molecule has 0 radical (unpaired) electrons. The van der Waals surface area contributed by atoms with Crippen molar-refractivity contribution in [3.05, 3.63) is 35.9 Å². The van der Waals surface area contributed by atoms with Crippen molar-refractivity contribution in [1.82, 2.24) is 10.2 Å². The first-order valence-electron chi connectivity index (χ1n) is 6.47. The molecule has 2 rings (SSSR count). The summed E-state index contributed by atoms with van der Waals surface area (Å²) >= 11 is 0. The Kier molecular flexibility index (Phi) is 4.74. The molecule has 5 heteroatoms. The molecule has 1 amide bonds. The van der Waals surface area contributed by atoms with E-state index in [1.54, 1.807) is 7.05 Å². The number of ether oxygens (including phenoxy) is 1. The fourth-order valence-electron chi connectivity index (χ4n) is 2.21. The molecule has 1 aromatic carbocycles. The van der Waals surface area contributed by atoms with Crippen molar-refractivity contribution in [3.63, 3.8) is 0 Å². The highest BCUT2D eigenvalue weighted by molar-refractivity contribution is 5.67. The lowest BCUT2D eigenvalue weighted by atomic mass is 10.0. The summed E-state index contributed by atoms with van der Waals surface area (Å²) < 4.78 is 18.9. The second-order valence-electron chi connectivity index (χ2n) is 4.69. The van der Waals surface area contributed by atoms with Gasteiger partial charge in [-0.3, -0.25) is 0 Å². The number of alkyl halides is 1. The van der Waals surface area contributed by atoms with E-state index in [9.17, 15) is 9.18 Å². The van der Waals surface area contributed by atoms with Crippen molar-refractivity contribution in [3.8, 4) is 0 Å². The molecule has 0 aromatic heterocycles. The van der Waals surface area contributed by atoms with Crippen LogP contribution in [0.4, 0.5) is 9.18 Å². The van der Waals surface area contributed by atoms with Gasteiger partial charge in [-0.15, -0.1) is 0 Å². The SMILES string of the molecule is CN[C@H]1CCN(C(=O)OCc2ccccc2)C[C@H]1F. The molecule has 2 atom stereocenters. The smallest absolute Gasteiger partial charge is 0.410 e. The fraction of sp³-hybridized carbons (Fsp3) is 0.500. The van der Waals surface area contributed by atoms with Crippen LogP contribution >= 0.6 is 0 Å². The van der Waals surface area contributed by atoms with Crippen molar-refractivity contribution in [2.75, 3.05) is 20.1 Å². The standard InChI is InChI=1S/C14H19FN2O2/c1-16-13-7-8-17(9-12(13)15)14(18)19-10-11-5-3-2-4-6-11/h2-6,12-13,16H,7-10H2,1H3/t12-,13+/m1/s1. The normalized spacial score (nSPS) is 23.2. The van der Waals surface area contributed by atoms with Crippen LogP contribution in [0.5, 0.6) is 0 Å². The molecule has 1 heterocycles. The Morgan fingerprint density at radius 2 is 2.21 bits per heavy atom. The zero-order valence-electron chi connectivity index (χ0n) is 11.0. The lowest BCUT2D eigenvalue weighted by molar-refractivity contribution is 0.0617. The predicted octanol–water partition coefficient (Wildman–Crippen LogP) is 1.95. The van der Waals surface area contributed by atoms with Crippen LogP contribution in [0.3, 0.4) is 0 Å². The molecule has 0 spiro atoms. The van der Waals surface area contributed by atoms with Crippen molar-refractivity contribution in [2.24, 2.45) is 0 Å². The number of nitrogens with one attached hydrogen (secondary N) is 1. The zero-order chi connectivity index (χ0) is 13.7. The molecule has 1 aliphatic heterocycles. The highest BCUT2D eigenvalue weighted by Crippen LogP contribution is 2.15. The van der Waals surface area contributed by atoms with Crippen LogP contribution in [-0.2, 0) is 11.3 Å². The molecule has 0 saturated carbocycles. The van der Waals surface area contributed by atoms with Gasteiger partial charge in [-0.25, -0.2) is 9.18 Å². The second-order valence-corrected chi connectivity index (χ2v) is 4.69. The summed E-state index contributed by atoms with van der Waals surface area (Å²) in [6.07, 6.45) is -0.873. The minimum atomic E-state index is -1.04. The van der Waals surface area contributed by atoms with E-state index >= 15 is 0 Å². The number of nitrogens with zero attached hydrogens (tertiary/aromatic N) is 1. The van der Waals surface area contributed by atoms with Gasteiger partial charge in [0.2, 0.25) is 0 Å². The van der Waals surface area contributed by atoms with E-state index in [0.717, 1.165) is 5.56 Å². The molecular weight excluding hydrogens is 247 g/mol. The minimum absolute atomic E-state index is 0.0964. The van der Waals surface area contributed by atoms with Gasteiger partial charge in [0.25, 0.3) is 0 Å². The van der Waals surface area contributed by atoms with Crippen LogP contribution in [0.2, 0.25) is 0 Å². The average Bonchev–Trinajstić information content (AvgIpc) is 2.45. The van der Waals surface area contributed by atoms with Crippen LogP contribution in [0.15, 0.2) is 30.3 Å². The highest BCUT2D eigenvalue weighted by atomic mass is 19.1. The number of hydrogen-bond acceptors (Lipinski definition) is 3. The van der Waals surface area contributed by atoms with Crippen LogP contribution in [0.25, 0.3) is 0 Å². The molecule has 4 nitrogen and oxygen atoms in total. The number of piperidine rings is 1. The van der Waals surface area contributed by atoms with E-state index < -0.39 is 12.3 Å². The molecule has 0 aliphatic carbocycles. The van der Waals surface area contributed by atoms with Gasteiger partial charge in [0.1, 0.15) is 12.8 Å². The molecule has 19 heavy (non-hydrogen) atoms. The van der Waals surface area contributed by atoms with Crippen LogP contribution < -0.4 is 5.32 Å². The first-order chi connectivity index (χ1) is 9.20. The number of hydrogen-bond donors (Lipinski definition) is 1. The average molecular weight is 266 g/mol. The van der Waals surface area contributed by atoms with Crippen molar-refractivity contribution < 1.29 is 13.9 Å². The summed E-state index contributed by atoms with van der Waals surface area (Å²) in [5, 5.41) is 2.92. The second kappa shape index (κ2) is 6.52. The fourth-order valence-corrected chi connectivity index (χ4v) is 2.21. The maximum Gasteiger partial charge on any atom is 0.410 e. The Balaban J connectivity index is 1.81. The topological polar surface area (TPSA) is 41.6 Å². The summed E-state index contributed by atoms with van der Waals surface area (Å²) in [7, 11) is 1.74. The number of carbonyl (C=O) groups is 1. The molecule has 1 aromatic rings. The van der Waals surface area contributed by atoms with E-state index in [4.69, 9.17) is 4.74 Å². The van der Waals surface area contributed by atoms with Gasteiger partial charge in [-0.2, -0.15) is 0 Å². The molecule has 1 aliphatic rings. The Morgan fingerprint density at radius 1 is 1.47 bits per heavy atom. The van der Waals surface area contributed by atoms with E-state index in [1.807, 2.05) is 30.3 Å². The van der Waals surface area contributed by atoms with Crippen LogP contribution in [0, 0.1) is 0 Å². The van der Waals surface area contributed by atoms with Gasteiger partial charge in [-0.1, -0.05) is 30.3 Å². The molecule has 104 valence electrons. The summed E-state index contributed by atoms with van der Waals surface area (Å²) in [4.78, 5) is 13.3. The van der Waals surface area contributed by atoms with E-state index in [-0.39, 0.29) is 19.2 Å². The molecule has 1 fully saturated rings. The maximum absolute atomic E-state index is 13.7. The van der Waals surface area contributed by atoms with Crippen molar-refractivity contribution in [1.29, 1.82) is 0 Å². The molecule has 0 bridgehead atoms. The van der Waals surface area contributed by atoms with E-state index in [1.165, 1.54) is 4.90 Å². The zero-order valence-corrected chi connectivity index (χ0v) is 11.0. The Labute approximate surface area is 112 Å². The quantitative estimate of drug-likeness (QED) is 0.909. The number of benzene rings is 1. The van der Waals surface area contributed by atoms with Crippen molar-refractivity contribution in [2.45, 2.75) is 25.2 Å². The number of likely N-dealkylation sites (tertiary alicyclic amines) is 1. The third-order valence-electron chi connectivity index (χ3n) is 3.38. The summed E-state index contributed by atoms with van der Waals surface area (Å²) in [5.74, 6) is 0. The van der Waals surface area contributed by atoms with E-state index in [2.05, 4.69) is 5.32 Å². The molecule has 0 unspecified atom stereocenters. The van der Waals surface area contributed by atoms with E-state index in [0.29, 0.717) is 13.0 Å². The number of rotatable bonds is 3. The Bertz CT molecular complexity index is 413. The van der Waals surface area contributed by atoms with Gasteiger partial charge in [0.05, 0.1) is 6.54 Å². The minimum Gasteiger partial charge on any atom is -0.445 e. The molecule has 1 N–H and O–H groups in total. The third-order valence-corrected chi connectivity index (χ3v) is 3.38. The lowest BCUT2D eigenvalue weighted by Gasteiger charge is -2.33. The van der Waals surface area contributed by atoms with Gasteiger partial charge >= 0.3 is 6.09 Å². The van der Waals surface area contributed by atoms with Gasteiger partial charge in [0, 0.05) is 12.6 Å². The first-order valence-corrected chi connectivity index (χ1v) is 6.47.